The molecule has 0 aromatic carbocycles. The normalized spacial score (nSPS) is 19.1. The van der Waals surface area contributed by atoms with E-state index in [1.165, 1.54) is 6.42 Å². The summed E-state index contributed by atoms with van der Waals surface area (Å²) in [6.07, 6.45) is 4.10. The zero-order chi connectivity index (χ0) is 16.5. The summed E-state index contributed by atoms with van der Waals surface area (Å²) in [4.78, 5) is 14.7. The third-order valence-electron chi connectivity index (χ3n) is 4.77. The van der Waals surface area contributed by atoms with E-state index >= 15 is 0 Å². The number of piperidine rings is 1. The van der Waals surface area contributed by atoms with Gasteiger partial charge in [0.15, 0.2) is 5.65 Å². The highest BCUT2D eigenvalue weighted by molar-refractivity contribution is 5.35. The van der Waals surface area contributed by atoms with E-state index in [2.05, 4.69) is 26.3 Å². The van der Waals surface area contributed by atoms with Crippen molar-refractivity contribution < 1.29 is 0 Å². The Bertz CT molecular complexity index is 892. The maximum Gasteiger partial charge on any atom is 0.350 e. The van der Waals surface area contributed by atoms with Gasteiger partial charge in [0, 0.05) is 30.9 Å². The molecule has 1 saturated heterocycles. The van der Waals surface area contributed by atoms with Crippen molar-refractivity contribution in [1.82, 2.24) is 29.3 Å². The Balaban J connectivity index is 1.43. The summed E-state index contributed by atoms with van der Waals surface area (Å²) in [6, 6.07) is 7.74. The van der Waals surface area contributed by atoms with Crippen molar-refractivity contribution in [2.45, 2.75) is 32.2 Å². The van der Waals surface area contributed by atoms with Crippen LogP contribution < -0.4 is 5.69 Å². The number of nitrogens with one attached hydrogen (secondary N) is 1. The largest absolute Gasteiger partial charge is 0.350 e. The second kappa shape index (κ2) is 6.24. The van der Waals surface area contributed by atoms with E-state index in [4.69, 9.17) is 0 Å². The van der Waals surface area contributed by atoms with Gasteiger partial charge in [0.05, 0.1) is 12.2 Å². The number of aromatic amines is 1. The van der Waals surface area contributed by atoms with Crippen LogP contribution in [0.4, 0.5) is 0 Å². The van der Waals surface area contributed by atoms with Crippen LogP contribution in [-0.4, -0.2) is 48.9 Å². The molecule has 1 aliphatic heterocycles. The minimum Gasteiger partial charge on any atom is -0.301 e. The first-order valence-corrected chi connectivity index (χ1v) is 8.49. The number of hydrogen-bond acceptors (Lipinski definition) is 4. The van der Waals surface area contributed by atoms with Crippen LogP contribution in [0.5, 0.6) is 0 Å². The first-order valence-electron chi connectivity index (χ1n) is 8.49. The molecular weight excluding hydrogens is 304 g/mol. The second-order valence-corrected chi connectivity index (χ2v) is 6.55. The predicted octanol–water partition coefficient (Wildman–Crippen LogP) is 1.41. The summed E-state index contributed by atoms with van der Waals surface area (Å²) >= 11 is 0. The lowest BCUT2D eigenvalue weighted by molar-refractivity contribution is 0.196. The highest BCUT2D eigenvalue weighted by atomic mass is 16.2. The van der Waals surface area contributed by atoms with Crippen LogP contribution in [0.25, 0.3) is 5.65 Å². The molecule has 1 aliphatic rings. The topological polar surface area (TPSA) is 71.2 Å². The van der Waals surface area contributed by atoms with Crippen molar-refractivity contribution in [2.75, 3.05) is 19.6 Å². The summed E-state index contributed by atoms with van der Waals surface area (Å²) < 4.78 is 3.16. The van der Waals surface area contributed by atoms with Gasteiger partial charge in [-0.1, -0.05) is 6.07 Å². The molecule has 126 valence electrons. The van der Waals surface area contributed by atoms with Crippen LogP contribution in [0.3, 0.4) is 0 Å². The summed E-state index contributed by atoms with van der Waals surface area (Å²) in [5, 5.41) is 11.8. The summed E-state index contributed by atoms with van der Waals surface area (Å²) in [7, 11) is 0. The van der Waals surface area contributed by atoms with Crippen LogP contribution in [0, 0.1) is 6.92 Å². The van der Waals surface area contributed by atoms with E-state index in [0.717, 1.165) is 37.4 Å². The van der Waals surface area contributed by atoms with Gasteiger partial charge in [-0.15, -0.1) is 5.10 Å². The van der Waals surface area contributed by atoms with E-state index in [-0.39, 0.29) is 5.69 Å². The quantitative estimate of drug-likeness (QED) is 0.787. The van der Waals surface area contributed by atoms with Crippen LogP contribution in [-0.2, 0) is 6.54 Å². The highest BCUT2D eigenvalue weighted by Crippen LogP contribution is 2.25. The van der Waals surface area contributed by atoms with Gasteiger partial charge in [0.1, 0.15) is 0 Å². The predicted molar refractivity (Wildman–Crippen MR) is 91.2 cm³/mol. The Kier molecular flexibility index (Phi) is 3.93. The molecule has 0 unspecified atom stereocenters. The summed E-state index contributed by atoms with van der Waals surface area (Å²) in [5.74, 6) is 0.474. The van der Waals surface area contributed by atoms with Crippen molar-refractivity contribution in [3.63, 3.8) is 0 Å². The zero-order valence-electron chi connectivity index (χ0n) is 13.9. The first kappa shape index (κ1) is 15.1. The third kappa shape index (κ3) is 2.87. The van der Waals surface area contributed by atoms with Crippen molar-refractivity contribution in [2.24, 2.45) is 0 Å². The van der Waals surface area contributed by atoms with E-state index < -0.39 is 0 Å². The van der Waals surface area contributed by atoms with Gasteiger partial charge in [0.25, 0.3) is 0 Å². The molecule has 1 fully saturated rings. The fraction of sp³-hybridized carbons (Fsp3) is 0.471. The highest BCUT2D eigenvalue weighted by Gasteiger charge is 2.23. The molecule has 4 rings (SSSR count). The van der Waals surface area contributed by atoms with Gasteiger partial charge in [-0.3, -0.25) is 9.50 Å². The smallest absolute Gasteiger partial charge is 0.301 e. The number of H-pyrrole nitrogens is 1. The zero-order valence-corrected chi connectivity index (χ0v) is 13.9. The lowest BCUT2D eigenvalue weighted by atomic mass is 9.95. The molecule has 0 bridgehead atoms. The van der Waals surface area contributed by atoms with Crippen LogP contribution in [0.1, 0.15) is 30.1 Å². The minimum atomic E-state index is -0.0675. The number of nitrogens with zero attached hydrogens (tertiary/aromatic N) is 5. The lowest BCUT2D eigenvalue weighted by Crippen LogP contribution is -2.38. The number of fused-ring (bicyclic) bond motifs is 1. The second-order valence-electron chi connectivity index (χ2n) is 6.55. The number of pyridine rings is 1. The average molecular weight is 326 g/mol. The number of rotatable bonds is 4. The van der Waals surface area contributed by atoms with Crippen molar-refractivity contribution >= 4 is 5.65 Å². The minimum absolute atomic E-state index is 0.0675. The van der Waals surface area contributed by atoms with Crippen molar-refractivity contribution in [1.29, 1.82) is 0 Å². The Hall–Kier alpha value is -2.41. The average Bonchev–Trinajstić information content (AvgIpc) is 3.18. The molecule has 1 N–H and O–H groups in total. The maximum atomic E-state index is 12.3. The molecule has 7 heteroatoms. The fourth-order valence-corrected chi connectivity index (χ4v) is 3.50. The molecule has 24 heavy (non-hydrogen) atoms. The molecule has 7 nitrogen and oxygen atoms in total. The molecule has 3 aromatic heterocycles. The number of aromatic nitrogens is 5. The molecule has 3 aromatic rings. The van der Waals surface area contributed by atoms with Crippen LogP contribution in [0.2, 0.25) is 0 Å². The van der Waals surface area contributed by atoms with Gasteiger partial charge in [-0.25, -0.2) is 9.48 Å². The standard InChI is InChI=1S/C17H22N6O/c1-13-11-15(19-18-13)14-5-4-7-21(12-14)9-10-23-17(24)22-8-3-2-6-16(22)20-23/h2-3,6,8,11,14H,4-5,7,9-10,12H2,1H3,(H,18,19)/t14-/m0/s1. The van der Waals surface area contributed by atoms with Gasteiger partial charge in [-0.2, -0.15) is 5.10 Å². The maximum absolute atomic E-state index is 12.3. The third-order valence-corrected chi connectivity index (χ3v) is 4.77. The van der Waals surface area contributed by atoms with E-state index in [1.54, 1.807) is 15.3 Å². The van der Waals surface area contributed by atoms with Crippen LogP contribution in [0.15, 0.2) is 35.3 Å². The van der Waals surface area contributed by atoms with Crippen molar-refractivity contribution in [3.05, 3.63) is 52.3 Å². The molecule has 0 amide bonds. The number of aryl methyl sites for hydroxylation is 1. The molecule has 4 heterocycles. The van der Waals surface area contributed by atoms with E-state index in [0.29, 0.717) is 18.1 Å². The van der Waals surface area contributed by atoms with Crippen LogP contribution >= 0.6 is 0 Å². The SMILES string of the molecule is Cc1cc([C@H]2CCCN(CCn3nc4ccccn4c3=O)C2)n[nH]1. The molecule has 0 aliphatic carbocycles. The molecule has 1 atom stereocenters. The Morgan fingerprint density at radius 1 is 1.33 bits per heavy atom. The van der Waals surface area contributed by atoms with Gasteiger partial charge < -0.3 is 4.90 Å². The molecule has 0 saturated carbocycles. The monoisotopic (exact) mass is 326 g/mol. The van der Waals surface area contributed by atoms with Crippen molar-refractivity contribution in [3.8, 4) is 0 Å². The van der Waals surface area contributed by atoms with Gasteiger partial charge in [-0.05, 0) is 44.5 Å². The lowest BCUT2D eigenvalue weighted by Gasteiger charge is -2.31. The first-order chi connectivity index (χ1) is 11.7. The molecule has 0 radical (unpaired) electrons. The molecule has 0 spiro atoms. The summed E-state index contributed by atoms with van der Waals surface area (Å²) in [5.41, 5.74) is 2.90. The Labute approximate surface area is 139 Å². The van der Waals surface area contributed by atoms with Gasteiger partial charge >= 0.3 is 5.69 Å². The molecular formula is C17H22N6O. The summed E-state index contributed by atoms with van der Waals surface area (Å²) in [6.45, 7) is 5.55. The van der Waals surface area contributed by atoms with Gasteiger partial charge in [0.2, 0.25) is 0 Å². The number of likely N-dealkylation sites (tertiary alicyclic amines) is 1. The Morgan fingerprint density at radius 3 is 3.04 bits per heavy atom. The van der Waals surface area contributed by atoms with E-state index in [9.17, 15) is 4.79 Å². The van der Waals surface area contributed by atoms with E-state index in [1.807, 2.05) is 25.1 Å². The fourth-order valence-electron chi connectivity index (χ4n) is 3.50. The number of hydrogen-bond donors (Lipinski definition) is 1. The Morgan fingerprint density at radius 2 is 2.25 bits per heavy atom.